The van der Waals surface area contributed by atoms with Crippen LogP contribution in [0.3, 0.4) is 0 Å². The molecule has 1 unspecified atom stereocenters. The second kappa shape index (κ2) is 7.02. The quantitative estimate of drug-likeness (QED) is 0.824. The Hall–Kier alpha value is -0.900. The highest BCUT2D eigenvalue weighted by molar-refractivity contribution is 5.16. The first-order chi connectivity index (χ1) is 12.1. The van der Waals surface area contributed by atoms with Gasteiger partial charge in [-0.05, 0) is 50.1 Å². The Morgan fingerprint density at radius 3 is 2.32 bits per heavy atom. The van der Waals surface area contributed by atoms with Crippen LogP contribution in [-0.2, 0) is 11.3 Å². The third kappa shape index (κ3) is 4.27. The molecule has 0 aromatic heterocycles. The van der Waals surface area contributed by atoms with Crippen molar-refractivity contribution >= 4 is 0 Å². The number of likely N-dealkylation sites (tertiary alicyclic amines) is 1. The molecule has 1 aliphatic carbocycles. The Kier molecular flexibility index (Phi) is 4.91. The SMILES string of the molecule is CC(C)CN1CCCC2(CC1)CN(Cc1ccccc1)CC1(CC1)O2. The molecule has 1 aromatic rings. The highest BCUT2D eigenvalue weighted by atomic mass is 16.5. The lowest BCUT2D eigenvalue weighted by Crippen LogP contribution is -2.56. The zero-order valence-electron chi connectivity index (χ0n) is 16.0. The molecule has 0 N–H and O–H groups in total. The van der Waals surface area contributed by atoms with E-state index in [-0.39, 0.29) is 11.2 Å². The average molecular weight is 343 g/mol. The molecule has 2 saturated heterocycles. The maximum atomic E-state index is 6.85. The fourth-order valence-electron chi connectivity index (χ4n) is 4.93. The number of benzene rings is 1. The molecular weight excluding hydrogens is 308 g/mol. The summed E-state index contributed by atoms with van der Waals surface area (Å²) < 4.78 is 6.85. The van der Waals surface area contributed by atoms with E-state index in [4.69, 9.17) is 4.74 Å². The van der Waals surface area contributed by atoms with Crippen LogP contribution < -0.4 is 0 Å². The van der Waals surface area contributed by atoms with Gasteiger partial charge in [0.2, 0.25) is 0 Å². The first-order valence-corrected chi connectivity index (χ1v) is 10.3. The molecule has 1 atom stereocenters. The second-order valence-corrected chi connectivity index (χ2v) is 9.15. The zero-order chi connectivity index (χ0) is 17.3. The maximum absolute atomic E-state index is 6.85. The average Bonchev–Trinajstić information content (AvgIpc) is 3.33. The van der Waals surface area contributed by atoms with Gasteiger partial charge in [-0.2, -0.15) is 0 Å². The van der Waals surface area contributed by atoms with Crippen LogP contribution in [0, 0.1) is 5.92 Å². The van der Waals surface area contributed by atoms with Crippen LogP contribution >= 0.6 is 0 Å². The molecule has 0 radical (unpaired) electrons. The molecular formula is C22H34N2O. The van der Waals surface area contributed by atoms with Crippen LogP contribution in [0.2, 0.25) is 0 Å². The highest BCUT2D eigenvalue weighted by Crippen LogP contribution is 2.49. The molecule has 25 heavy (non-hydrogen) atoms. The molecule has 1 saturated carbocycles. The van der Waals surface area contributed by atoms with Gasteiger partial charge in [0.25, 0.3) is 0 Å². The van der Waals surface area contributed by atoms with Gasteiger partial charge in [-0.1, -0.05) is 44.2 Å². The summed E-state index contributed by atoms with van der Waals surface area (Å²) in [5.74, 6) is 0.755. The number of rotatable bonds is 4. The van der Waals surface area contributed by atoms with Gasteiger partial charge in [0.05, 0.1) is 11.2 Å². The van der Waals surface area contributed by atoms with E-state index in [9.17, 15) is 0 Å². The smallest absolute Gasteiger partial charge is 0.0829 e. The van der Waals surface area contributed by atoms with Crippen LogP contribution in [-0.4, -0.2) is 53.7 Å². The summed E-state index contributed by atoms with van der Waals surface area (Å²) in [6.45, 7) is 11.6. The minimum Gasteiger partial charge on any atom is -0.366 e. The van der Waals surface area contributed by atoms with Gasteiger partial charge in [0.1, 0.15) is 0 Å². The predicted molar refractivity (Wildman–Crippen MR) is 103 cm³/mol. The van der Waals surface area contributed by atoms with E-state index in [1.807, 2.05) is 0 Å². The van der Waals surface area contributed by atoms with Gasteiger partial charge >= 0.3 is 0 Å². The Labute approximate surface area is 153 Å². The topological polar surface area (TPSA) is 15.7 Å². The summed E-state index contributed by atoms with van der Waals surface area (Å²) in [7, 11) is 0. The standard InChI is InChI=1S/C22H34N2O/c1-19(2)15-23-13-6-9-21(12-14-23)17-24(18-22(25-21)10-11-22)16-20-7-4-3-5-8-20/h3-5,7-8,19H,6,9-18H2,1-2H3. The molecule has 138 valence electrons. The summed E-state index contributed by atoms with van der Waals surface area (Å²) in [4.78, 5) is 5.35. The lowest BCUT2D eigenvalue weighted by molar-refractivity contribution is -0.176. The fourth-order valence-corrected chi connectivity index (χ4v) is 4.93. The molecule has 3 heteroatoms. The van der Waals surface area contributed by atoms with Crippen molar-refractivity contribution in [3.05, 3.63) is 35.9 Å². The number of hydrogen-bond donors (Lipinski definition) is 0. The Balaban J connectivity index is 1.45. The van der Waals surface area contributed by atoms with Crippen molar-refractivity contribution in [2.24, 2.45) is 5.92 Å². The number of nitrogens with zero attached hydrogens (tertiary/aromatic N) is 2. The normalized spacial score (nSPS) is 30.0. The van der Waals surface area contributed by atoms with Crippen LogP contribution in [0.5, 0.6) is 0 Å². The van der Waals surface area contributed by atoms with Crippen LogP contribution in [0.15, 0.2) is 30.3 Å². The van der Waals surface area contributed by atoms with Gasteiger partial charge in [-0.15, -0.1) is 0 Å². The van der Waals surface area contributed by atoms with E-state index in [1.54, 1.807) is 0 Å². The van der Waals surface area contributed by atoms with Crippen LogP contribution in [0.1, 0.15) is 51.5 Å². The van der Waals surface area contributed by atoms with E-state index in [0.29, 0.717) is 0 Å². The van der Waals surface area contributed by atoms with Crippen LogP contribution in [0.25, 0.3) is 0 Å². The van der Waals surface area contributed by atoms with Crippen molar-refractivity contribution in [1.29, 1.82) is 0 Å². The van der Waals surface area contributed by atoms with Crippen molar-refractivity contribution in [3.63, 3.8) is 0 Å². The van der Waals surface area contributed by atoms with Crippen LogP contribution in [0.4, 0.5) is 0 Å². The first-order valence-electron chi connectivity index (χ1n) is 10.3. The Bertz CT molecular complexity index is 569. The van der Waals surface area contributed by atoms with Crippen molar-refractivity contribution in [3.8, 4) is 0 Å². The lowest BCUT2D eigenvalue weighted by Gasteiger charge is -2.47. The number of hydrogen-bond acceptors (Lipinski definition) is 3. The summed E-state index contributed by atoms with van der Waals surface area (Å²) in [5.41, 5.74) is 1.71. The molecule has 0 amide bonds. The number of ether oxygens (including phenoxy) is 1. The highest BCUT2D eigenvalue weighted by Gasteiger charge is 2.55. The van der Waals surface area contributed by atoms with Gasteiger partial charge < -0.3 is 9.64 Å². The van der Waals surface area contributed by atoms with Gasteiger partial charge in [0.15, 0.2) is 0 Å². The molecule has 3 fully saturated rings. The third-order valence-corrected chi connectivity index (χ3v) is 6.13. The summed E-state index contributed by atoms with van der Waals surface area (Å²) >= 11 is 0. The Morgan fingerprint density at radius 2 is 1.64 bits per heavy atom. The molecule has 3 aliphatic rings. The monoisotopic (exact) mass is 342 g/mol. The minimum atomic E-state index is 0.0925. The van der Waals surface area contributed by atoms with E-state index >= 15 is 0 Å². The van der Waals surface area contributed by atoms with Gasteiger partial charge in [-0.3, -0.25) is 4.90 Å². The summed E-state index contributed by atoms with van der Waals surface area (Å²) in [6, 6.07) is 11.0. The zero-order valence-corrected chi connectivity index (χ0v) is 16.0. The third-order valence-electron chi connectivity index (χ3n) is 6.13. The summed E-state index contributed by atoms with van der Waals surface area (Å²) in [6.07, 6.45) is 6.23. The predicted octanol–water partition coefficient (Wildman–Crippen LogP) is 3.93. The van der Waals surface area contributed by atoms with Gasteiger partial charge in [0, 0.05) is 32.7 Å². The molecule has 2 aliphatic heterocycles. The fraction of sp³-hybridized carbons (Fsp3) is 0.727. The first kappa shape index (κ1) is 17.5. The van der Waals surface area contributed by atoms with E-state index in [1.165, 1.54) is 57.3 Å². The van der Waals surface area contributed by atoms with Crippen molar-refractivity contribution in [2.45, 2.75) is 63.7 Å². The van der Waals surface area contributed by atoms with Crippen molar-refractivity contribution in [2.75, 3.05) is 32.7 Å². The minimum absolute atomic E-state index is 0.0925. The molecule has 2 spiro atoms. The van der Waals surface area contributed by atoms with E-state index in [2.05, 4.69) is 54.0 Å². The van der Waals surface area contributed by atoms with E-state index in [0.717, 1.165) is 25.6 Å². The maximum Gasteiger partial charge on any atom is 0.0829 e. The second-order valence-electron chi connectivity index (χ2n) is 9.15. The molecule has 0 bridgehead atoms. The van der Waals surface area contributed by atoms with E-state index < -0.39 is 0 Å². The summed E-state index contributed by atoms with van der Waals surface area (Å²) in [5, 5.41) is 0. The molecule has 3 nitrogen and oxygen atoms in total. The largest absolute Gasteiger partial charge is 0.366 e. The molecule has 2 heterocycles. The number of morpholine rings is 1. The molecule has 4 rings (SSSR count). The molecule has 1 aromatic carbocycles. The van der Waals surface area contributed by atoms with Crippen molar-refractivity contribution < 1.29 is 4.74 Å². The van der Waals surface area contributed by atoms with Crippen molar-refractivity contribution in [1.82, 2.24) is 9.80 Å². The van der Waals surface area contributed by atoms with Gasteiger partial charge in [-0.25, -0.2) is 0 Å². The lowest BCUT2D eigenvalue weighted by atomic mass is 9.90. The Morgan fingerprint density at radius 1 is 0.920 bits per heavy atom.